The van der Waals surface area contributed by atoms with Gasteiger partial charge >= 0.3 is 0 Å². The number of hydrogen-bond donors (Lipinski definition) is 0. The molecule has 1 atom stereocenters. The molecule has 0 unspecified atom stereocenters. The highest BCUT2D eigenvalue weighted by atomic mass is 16.5. The van der Waals surface area contributed by atoms with Crippen LogP contribution in [0.15, 0.2) is 78.9 Å². The number of aryl methyl sites for hydroxylation is 2. The number of ether oxygens (including phenoxy) is 1. The third-order valence-corrected chi connectivity index (χ3v) is 6.09. The second-order valence-electron chi connectivity index (χ2n) is 8.43. The van der Waals surface area contributed by atoms with E-state index in [1.54, 1.807) is 0 Å². The van der Waals surface area contributed by atoms with Gasteiger partial charge in [0.1, 0.15) is 6.04 Å². The fourth-order valence-corrected chi connectivity index (χ4v) is 4.47. The molecule has 5 heteroatoms. The molecule has 1 aliphatic heterocycles. The van der Waals surface area contributed by atoms with Crippen LogP contribution in [0.1, 0.15) is 28.3 Å². The Kier molecular flexibility index (Phi) is 7.33. The van der Waals surface area contributed by atoms with Crippen molar-refractivity contribution in [3.8, 4) is 0 Å². The maximum atomic E-state index is 14.3. The molecule has 0 saturated carbocycles. The molecule has 1 heterocycles. The maximum absolute atomic E-state index is 14.3. The number of morpholine rings is 1. The van der Waals surface area contributed by atoms with Gasteiger partial charge in [-0.25, -0.2) is 4.90 Å². The molecule has 1 fully saturated rings. The third-order valence-electron chi connectivity index (χ3n) is 6.09. The van der Waals surface area contributed by atoms with Crippen molar-refractivity contribution in [3.05, 3.63) is 101 Å². The van der Waals surface area contributed by atoms with Crippen LogP contribution < -0.4 is 4.90 Å². The van der Waals surface area contributed by atoms with Gasteiger partial charge in [0.2, 0.25) is 5.91 Å². The van der Waals surface area contributed by atoms with Crippen molar-refractivity contribution in [1.29, 1.82) is 0 Å². The predicted octanol–water partition coefficient (Wildman–Crippen LogP) is 4.48. The van der Waals surface area contributed by atoms with Crippen LogP contribution in [0, 0.1) is 13.8 Å². The van der Waals surface area contributed by atoms with E-state index in [1.165, 1.54) is 4.90 Å². The largest absolute Gasteiger partial charge is 0.379 e. The van der Waals surface area contributed by atoms with Gasteiger partial charge in [0.15, 0.2) is 0 Å². The Morgan fingerprint density at radius 2 is 1.42 bits per heavy atom. The standard InChI is InChI=1S/C28H30N2O3/c1-21-10-9-11-22(2)26(21)30(25(31)20-23-12-5-3-6-13-23)28(32)27(24-14-7-4-8-15-24)29-16-18-33-19-17-29/h3-15,27H,16-20H2,1-2H3/t27-/m0/s1. The first-order valence-electron chi connectivity index (χ1n) is 11.4. The smallest absolute Gasteiger partial charge is 0.255 e. The minimum Gasteiger partial charge on any atom is -0.379 e. The highest BCUT2D eigenvalue weighted by Gasteiger charge is 2.36. The van der Waals surface area contributed by atoms with Gasteiger partial charge in [-0.1, -0.05) is 78.9 Å². The number of imide groups is 1. The van der Waals surface area contributed by atoms with E-state index in [1.807, 2.05) is 92.7 Å². The number of amides is 2. The number of benzene rings is 3. The number of carbonyl (C=O) groups excluding carboxylic acids is 2. The normalized spacial score (nSPS) is 15.1. The summed E-state index contributed by atoms with van der Waals surface area (Å²) in [6, 6.07) is 24.6. The monoisotopic (exact) mass is 442 g/mol. The van der Waals surface area contributed by atoms with Crippen LogP contribution in [0.2, 0.25) is 0 Å². The zero-order chi connectivity index (χ0) is 23.2. The lowest BCUT2D eigenvalue weighted by Crippen LogP contribution is -2.49. The van der Waals surface area contributed by atoms with Gasteiger partial charge in [0.25, 0.3) is 5.91 Å². The molecule has 3 aromatic rings. The van der Waals surface area contributed by atoms with Crippen molar-refractivity contribution < 1.29 is 14.3 Å². The van der Waals surface area contributed by atoms with E-state index in [0.717, 1.165) is 22.3 Å². The summed E-state index contributed by atoms with van der Waals surface area (Å²) in [4.78, 5) is 31.6. The molecule has 170 valence electrons. The van der Waals surface area contributed by atoms with E-state index in [4.69, 9.17) is 4.74 Å². The topological polar surface area (TPSA) is 49.9 Å². The molecule has 0 spiro atoms. The molecule has 4 rings (SSSR count). The number of hydrogen-bond acceptors (Lipinski definition) is 4. The number of rotatable bonds is 6. The Morgan fingerprint density at radius 3 is 2.03 bits per heavy atom. The highest BCUT2D eigenvalue weighted by Crippen LogP contribution is 2.31. The molecule has 3 aromatic carbocycles. The lowest BCUT2D eigenvalue weighted by molar-refractivity contribution is -0.131. The van der Waals surface area contributed by atoms with Gasteiger partial charge in [-0.15, -0.1) is 0 Å². The SMILES string of the molecule is Cc1cccc(C)c1N(C(=O)Cc1ccccc1)C(=O)[C@H](c1ccccc1)N1CCOCC1. The van der Waals surface area contributed by atoms with Crippen molar-refractivity contribution in [2.75, 3.05) is 31.2 Å². The molecule has 0 bridgehead atoms. The predicted molar refractivity (Wildman–Crippen MR) is 130 cm³/mol. The third kappa shape index (κ3) is 5.21. The van der Waals surface area contributed by atoms with Gasteiger partial charge in [-0.3, -0.25) is 14.5 Å². The minimum absolute atomic E-state index is 0.158. The van der Waals surface area contributed by atoms with Crippen LogP contribution in [-0.2, 0) is 20.7 Å². The Morgan fingerprint density at radius 1 is 0.848 bits per heavy atom. The molecule has 1 aliphatic rings. The van der Waals surface area contributed by atoms with Crippen molar-refractivity contribution in [1.82, 2.24) is 4.90 Å². The summed E-state index contributed by atoms with van der Waals surface area (Å²) >= 11 is 0. The van der Waals surface area contributed by atoms with E-state index in [9.17, 15) is 9.59 Å². The lowest BCUT2D eigenvalue weighted by Gasteiger charge is -2.37. The molecule has 0 N–H and O–H groups in total. The second kappa shape index (κ2) is 10.6. The Bertz CT molecular complexity index is 1070. The number of nitrogens with zero attached hydrogens (tertiary/aromatic N) is 2. The molecular weight excluding hydrogens is 412 g/mol. The quantitative estimate of drug-likeness (QED) is 0.565. The fourth-order valence-electron chi connectivity index (χ4n) is 4.47. The molecule has 0 radical (unpaired) electrons. The summed E-state index contributed by atoms with van der Waals surface area (Å²) in [6.45, 7) is 6.31. The summed E-state index contributed by atoms with van der Waals surface area (Å²) in [7, 11) is 0. The van der Waals surface area contributed by atoms with Crippen molar-refractivity contribution in [2.24, 2.45) is 0 Å². The summed E-state index contributed by atoms with van der Waals surface area (Å²) in [5, 5.41) is 0. The Labute approximate surface area is 195 Å². The first-order chi connectivity index (χ1) is 16.1. The summed E-state index contributed by atoms with van der Waals surface area (Å²) in [5.41, 5.74) is 4.25. The van der Waals surface area contributed by atoms with E-state index >= 15 is 0 Å². The zero-order valence-electron chi connectivity index (χ0n) is 19.2. The molecule has 0 aliphatic carbocycles. The Balaban J connectivity index is 1.78. The summed E-state index contributed by atoms with van der Waals surface area (Å²) in [6.07, 6.45) is 0.158. The van der Waals surface area contributed by atoms with Crippen LogP contribution in [-0.4, -0.2) is 43.0 Å². The van der Waals surface area contributed by atoms with Gasteiger partial charge in [0, 0.05) is 13.1 Å². The molecular formula is C28H30N2O3. The minimum atomic E-state index is -0.561. The molecule has 33 heavy (non-hydrogen) atoms. The average molecular weight is 443 g/mol. The van der Waals surface area contributed by atoms with Crippen LogP contribution in [0.3, 0.4) is 0 Å². The molecule has 0 aromatic heterocycles. The van der Waals surface area contributed by atoms with Gasteiger partial charge in [0.05, 0.1) is 25.3 Å². The van der Waals surface area contributed by atoms with E-state index in [0.29, 0.717) is 32.0 Å². The maximum Gasteiger partial charge on any atom is 0.255 e. The van der Waals surface area contributed by atoms with Crippen LogP contribution >= 0.6 is 0 Å². The molecule has 1 saturated heterocycles. The molecule has 5 nitrogen and oxygen atoms in total. The van der Waals surface area contributed by atoms with Gasteiger partial charge < -0.3 is 4.74 Å². The Hall–Kier alpha value is -3.28. The first kappa shape index (κ1) is 22.9. The average Bonchev–Trinajstić information content (AvgIpc) is 2.83. The first-order valence-corrected chi connectivity index (χ1v) is 11.4. The van der Waals surface area contributed by atoms with Crippen LogP contribution in [0.5, 0.6) is 0 Å². The van der Waals surface area contributed by atoms with Crippen molar-refractivity contribution in [2.45, 2.75) is 26.3 Å². The number of carbonyl (C=O) groups is 2. The van der Waals surface area contributed by atoms with Gasteiger partial charge in [-0.05, 0) is 36.1 Å². The molecule has 2 amide bonds. The van der Waals surface area contributed by atoms with E-state index < -0.39 is 6.04 Å². The lowest BCUT2D eigenvalue weighted by atomic mass is 10.00. The van der Waals surface area contributed by atoms with Gasteiger partial charge in [-0.2, -0.15) is 0 Å². The van der Waals surface area contributed by atoms with Crippen LogP contribution in [0.4, 0.5) is 5.69 Å². The second-order valence-corrected chi connectivity index (χ2v) is 8.43. The van der Waals surface area contributed by atoms with E-state index in [-0.39, 0.29) is 18.2 Å². The highest BCUT2D eigenvalue weighted by molar-refractivity contribution is 6.18. The summed E-state index contributed by atoms with van der Waals surface area (Å²) < 4.78 is 5.54. The number of anilines is 1. The van der Waals surface area contributed by atoms with Crippen LogP contribution in [0.25, 0.3) is 0 Å². The van der Waals surface area contributed by atoms with Crippen molar-refractivity contribution >= 4 is 17.5 Å². The van der Waals surface area contributed by atoms with E-state index in [2.05, 4.69) is 4.90 Å². The fraction of sp³-hybridized carbons (Fsp3) is 0.286. The summed E-state index contributed by atoms with van der Waals surface area (Å²) in [5.74, 6) is -0.445. The number of para-hydroxylation sites is 1. The van der Waals surface area contributed by atoms with Crippen molar-refractivity contribution in [3.63, 3.8) is 0 Å². The zero-order valence-corrected chi connectivity index (χ0v) is 19.2.